The van der Waals surface area contributed by atoms with Gasteiger partial charge in [0.15, 0.2) is 0 Å². The molecule has 0 bridgehead atoms. The number of carboxylic acids is 1. The fourth-order valence-electron chi connectivity index (χ4n) is 3.50. The van der Waals surface area contributed by atoms with Crippen molar-refractivity contribution in [2.24, 2.45) is 0 Å². The van der Waals surface area contributed by atoms with Gasteiger partial charge in [-0.1, -0.05) is 6.07 Å². The van der Waals surface area contributed by atoms with E-state index in [2.05, 4.69) is 17.1 Å². The van der Waals surface area contributed by atoms with Crippen LogP contribution in [-0.4, -0.2) is 65.5 Å². The van der Waals surface area contributed by atoms with Gasteiger partial charge in [0.05, 0.1) is 12.6 Å². The number of anilines is 1. The number of carbonyl (C=O) groups excluding carboxylic acids is 1. The van der Waals surface area contributed by atoms with Gasteiger partial charge in [0, 0.05) is 18.3 Å². The third-order valence-electron chi connectivity index (χ3n) is 5.44. The molecule has 7 heteroatoms. The maximum Gasteiger partial charge on any atom is 0.317 e. The molecule has 0 saturated carbocycles. The minimum atomic E-state index is -0.797. The van der Waals surface area contributed by atoms with Gasteiger partial charge >= 0.3 is 5.97 Å². The smallest absolute Gasteiger partial charge is 0.317 e. The van der Waals surface area contributed by atoms with Crippen LogP contribution < -0.4 is 5.32 Å². The van der Waals surface area contributed by atoms with Gasteiger partial charge in [-0.05, 0) is 76.9 Å². The maximum absolute atomic E-state index is 12.6. The summed E-state index contributed by atoms with van der Waals surface area (Å²) in [5, 5.41) is 12.0. The average Bonchev–Trinajstić information content (AvgIpc) is 2.83. The van der Waals surface area contributed by atoms with Crippen LogP contribution in [0.5, 0.6) is 0 Å². The minimum absolute atomic E-state index is 0. The minimum Gasteiger partial charge on any atom is -0.480 e. The van der Waals surface area contributed by atoms with Crippen LogP contribution in [0.4, 0.5) is 5.69 Å². The van der Waals surface area contributed by atoms with Crippen LogP contribution in [0.15, 0.2) is 18.2 Å². The van der Waals surface area contributed by atoms with Gasteiger partial charge in [0.2, 0.25) is 5.91 Å². The standard InChI is InChI=1S/C20H31N3O3.ClH/c1-14-7-8-17(12-15(14)2)21-20(26)16(3)23-10-5-6-18(9-11-23)22(4)13-19(24)25;/h7-8,12,16,18H,5-6,9-11,13H2,1-4H3,(H,21,26)(H,24,25);1H. The van der Waals surface area contributed by atoms with E-state index in [1.807, 2.05) is 44.0 Å². The Balaban J connectivity index is 0.00000364. The molecular weight excluding hydrogens is 366 g/mol. The van der Waals surface area contributed by atoms with Crippen LogP contribution in [0.1, 0.15) is 37.3 Å². The van der Waals surface area contributed by atoms with E-state index in [1.165, 1.54) is 5.56 Å². The zero-order valence-electron chi connectivity index (χ0n) is 16.7. The second-order valence-corrected chi connectivity index (χ2v) is 7.39. The lowest BCUT2D eigenvalue weighted by Gasteiger charge is -2.28. The molecule has 1 fully saturated rings. The molecule has 0 spiro atoms. The van der Waals surface area contributed by atoms with Crippen LogP contribution >= 0.6 is 12.4 Å². The molecule has 2 atom stereocenters. The van der Waals surface area contributed by atoms with E-state index >= 15 is 0 Å². The number of hydrogen-bond donors (Lipinski definition) is 2. The number of likely N-dealkylation sites (tertiary alicyclic amines) is 1. The highest BCUT2D eigenvalue weighted by Crippen LogP contribution is 2.19. The van der Waals surface area contributed by atoms with Crippen LogP contribution in [-0.2, 0) is 9.59 Å². The Kier molecular flexibility index (Phi) is 9.22. The molecule has 0 aromatic heterocycles. The Morgan fingerprint density at radius 2 is 1.96 bits per heavy atom. The molecule has 0 radical (unpaired) electrons. The lowest BCUT2D eigenvalue weighted by Crippen LogP contribution is -2.43. The molecule has 1 heterocycles. The fourth-order valence-corrected chi connectivity index (χ4v) is 3.50. The van der Waals surface area contributed by atoms with Gasteiger partial charge in [-0.3, -0.25) is 19.4 Å². The van der Waals surface area contributed by atoms with Crippen molar-refractivity contribution in [3.63, 3.8) is 0 Å². The van der Waals surface area contributed by atoms with Crippen molar-refractivity contribution < 1.29 is 14.7 Å². The molecule has 27 heavy (non-hydrogen) atoms. The van der Waals surface area contributed by atoms with Gasteiger partial charge in [-0.15, -0.1) is 12.4 Å². The van der Waals surface area contributed by atoms with Crippen molar-refractivity contribution in [3.8, 4) is 0 Å². The zero-order chi connectivity index (χ0) is 19.3. The summed E-state index contributed by atoms with van der Waals surface area (Å²) in [6, 6.07) is 6.00. The second-order valence-electron chi connectivity index (χ2n) is 7.39. The number of amides is 1. The van der Waals surface area contributed by atoms with E-state index in [4.69, 9.17) is 5.11 Å². The molecule has 1 aliphatic heterocycles. The van der Waals surface area contributed by atoms with E-state index in [0.29, 0.717) is 0 Å². The first-order chi connectivity index (χ1) is 12.3. The highest BCUT2D eigenvalue weighted by Gasteiger charge is 2.27. The quantitative estimate of drug-likeness (QED) is 0.772. The number of hydrogen-bond acceptors (Lipinski definition) is 4. The van der Waals surface area contributed by atoms with Crippen molar-refractivity contribution >= 4 is 30.0 Å². The summed E-state index contributed by atoms with van der Waals surface area (Å²) in [5.41, 5.74) is 3.20. The number of carbonyl (C=O) groups is 2. The normalized spacial score (nSPS) is 19.1. The average molecular weight is 398 g/mol. The van der Waals surface area contributed by atoms with E-state index in [-0.39, 0.29) is 36.9 Å². The molecular formula is C20H32ClN3O3. The summed E-state index contributed by atoms with van der Waals surface area (Å²) in [7, 11) is 1.87. The summed E-state index contributed by atoms with van der Waals surface area (Å²) in [4.78, 5) is 27.7. The highest BCUT2D eigenvalue weighted by molar-refractivity contribution is 5.94. The lowest BCUT2D eigenvalue weighted by atomic mass is 10.1. The molecule has 1 aliphatic rings. The Morgan fingerprint density at radius 3 is 2.59 bits per heavy atom. The molecule has 0 aliphatic carbocycles. The molecule has 1 aromatic rings. The van der Waals surface area contributed by atoms with Crippen molar-refractivity contribution in [2.45, 2.75) is 52.1 Å². The summed E-state index contributed by atoms with van der Waals surface area (Å²) >= 11 is 0. The monoisotopic (exact) mass is 397 g/mol. The van der Waals surface area contributed by atoms with Crippen LogP contribution in [0.3, 0.4) is 0 Å². The molecule has 2 unspecified atom stereocenters. The summed E-state index contributed by atoms with van der Waals surface area (Å²) in [6.45, 7) is 7.76. The number of aryl methyl sites for hydroxylation is 2. The predicted octanol–water partition coefficient (Wildman–Crippen LogP) is 2.92. The van der Waals surface area contributed by atoms with Crippen molar-refractivity contribution in [3.05, 3.63) is 29.3 Å². The molecule has 152 valence electrons. The van der Waals surface area contributed by atoms with Crippen molar-refractivity contribution in [2.75, 3.05) is 32.0 Å². The van der Waals surface area contributed by atoms with Crippen molar-refractivity contribution in [1.29, 1.82) is 0 Å². The number of rotatable bonds is 6. The highest BCUT2D eigenvalue weighted by atomic mass is 35.5. The summed E-state index contributed by atoms with van der Waals surface area (Å²) in [6.07, 6.45) is 2.81. The lowest BCUT2D eigenvalue weighted by molar-refractivity contribution is -0.138. The Hall–Kier alpha value is -1.63. The summed E-state index contributed by atoms with van der Waals surface area (Å²) < 4.78 is 0. The largest absolute Gasteiger partial charge is 0.480 e. The molecule has 2 N–H and O–H groups in total. The van der Waals surface area contributed by atoms with E-state index in [0.717, 1.165) is 43.6 Å². The zero-order valence-corrected chi connectivity index (χ0v) is 17.5. The third-order valence-corrected chi connectivity index (χ3v) is 5.44. The number of aliphatic carboxylic acids is 1. The Morgan fingerprint density at radius 1 is 1.26 bits per heavy atom. The number of benzene rings is 1. The van der Waals surface area contributed by atoms with Crippen LogP contribution in [0.25, 0.3) is 0 Å². The number of nitrogens with one attached hydrogen (secondary N) is 1. The Labute approximate surface area is 168 Å². The second kappa shape index (κ2) is 10.6. The van der Waals surface area contributed by atoms with Gasteiger partial charge in [-0.25, -0.2) is 0 Å². The van der Waals surface area contributed by atoms with Gasteiger partial charge < -0.3 is 10.4 Å². The van der Waals surface area contributed by atoms with Gasteiger partial charge in [0.25, 0.3) is 0 Å². The third kappa shape index (κ3) is 6.79. The molecule has 1 aromatic carbocycles. The van der Waals surface area contributed by atoms with E-state index in [1.54, 1.807) is 0 Å². The molecule has 1 amide bonds. The topological polar surface area (TPSA) is 72.9 Å². The number of halogens is 1. The maximum atomic E-state index is 12.6. The van der Waals surface area contributed by atoms with Crippen molar-refractivity contribution in [1.82, 2.24) is 9.80 Å². The summed E-state index contributed by atoms with van der Waals surface area (Å²) in [5.74, 6) is -0.791. The Bertz CT molecular complexity index is 653. The van der Waals surface area contributed by atoms with Gasteiger partial charge in [0.1, 0.15) is 0 Å². The predicted molar refractivity (Wildman–Crippen MR) is 111 cm³/mol. The molecule has 2 rings (SSSR count). The van der Waals surface area contributed by atoms with E-state index < -0.39 is 5.97 Å². The number of carboxylic acid groups (broad SMARTS) is 1. The first kappa shape index (κ1) is 23.4. The number of likely N-dealkylation sites (N-methyl/N-ethyl adjacent to an activating group) is 1. The first-order valence-electron chi connectivity index (χ1n) is 9.32. The van der Waals surface area contributed by atoms with Crippen LogP contribution in [0.2, 0.25) is 0 Å². The molecule has 6 nitrogen and oxygen atoms in total. The molecule has 1 saturated heterocycles. The fraction of sp³-hybridized carbons (Fsp3) is 0.600. The number of nitrogens with zero attached hydrogens (tertiary/aromatic N) is 2. The van der Waals surface area contributed by atoms with E-state index in [9.17, 15) is 9.59 Å². The van der Waals surface area contributed by atoms with Crippen LogP contribution in [0, 0.1) is 13.8 Å². The SMILES string of the molecule is Cc1ccc(NC(=O)C(C)N2CCCC(N(C)CC(=O)O)CC2)cc1C.Cl. The first-order valence-corrected chi connectivity index (χ1v) is 9.32. The van der Waals surface area contributed by atoms with Gasteiger partial charge in [-0.2, -0.15) is 0 Å².